The van der Waals surface area contributed by atoms with Crippen LogP contribution in [0.3, 0.4) is 0 Å². The quantitative estimate of drug-likeness (QED) is 0.160. The molecule has 0 spiro atoms. The summed E-state index contributed by atoms with van der Waals surface area (Å²) in [5.41, 5.74) is 2.17. The number of benzene rings is 2. The zero-order valence-electron chi connectivity index (χ0n) is 21.6. The van der Waals surface area contributed by atoms with E-state index in [9.17, 15) is 9.90 Å². The number of ketones is 1. The Labute approximate surface area is 211 Å². The van der Waals surface area contributed by atoms with Crippen LogP contribution >= 0.6 is 0 Å². The lowest BCUT2D eigenvalue weighted by Gasteiger charge is -2.18. The normalized spacial score (nSPS) is 10.8. The largest absolute Gasteiger partial charge is 0.507 e. The fourth-order valence-electron chi connectivity index (χ4n) is 3.18. The first-order valence-electron chi connectivity index (χ1n) is 11.1. The molecule has 0 atom stereocenters. The number of phenols is 1. The molecule has 196 valence electrons. The second-order valence-corrected chi connectivity index (χ2v) is 7.82. The van der Waals surface area contributed by atoms with Crippen molar-refractivity contribution < 1.29 is 43.1 Å². The van der Waals surface area contributed by atoms with Gasteiger partial charge >= 0.3 is 0 Å². The maximum absolute atomic E-state index is 13.3. The Hall–Kier alpha value is -3.53. The van der Waals surface area contributed by atoms with Gasteiger partial charge in [0.2, 0.25) is 0 Å². The van der Waals surface area contributed by atoms with Gasteiger partial charge in [-0.2, -0.15) is 0 Å². The first-order valence-corrected chi connectivity index (χ1v) is 11.1. The first kappa shape index (κ1) is 28.7. The van der Waals surface area contributed by atoms with Crippen molar-refractivity contribution in [3.8, 4) is 28.7 Å². The lowest BCUT2D eigenvalue weighted by molar-refractivity contribution is 0.0449. The number of phenolic OH excluding ortho intramolecular Hbond substituents is 1. The molecule has 9 nitrogen and oxygen atoms in total. The molecule has 0 aliphatic carbocycles. The van der Waals surface area contributed by atoms with Crippen molar-refractivity contribution in [3.63, 3.8) is 0 Å². The number of hydrogen-bond acceptors (Lipinski definition) is 9. The van der Waals surface area contributed by atoms with Crippen molar-refractivity contribution in [1.29, 1.82) is 0 Å². The molecule has 0 fully saturated rings. The second-order valence-electron chi connectivity index (χ2n) is 7.82. The van der Waals surface area contributed by atoms with Gasteiger partial charge in [-0.3, -0.25) is 4.79 Å². The van der Waals surface area contributed by atoms with Gasteiger partial charge in [-0.25, -0.2) is 0 Å². The number of ether oxygens (including phenoxy) is 7. The van der Waals surface area contributed by atoms with Crippen LogP contribution in [0.15, 0.2) is 42.0 Å². The fourth-order valence-corrected chi connectivity index (χ4v) is 3.18. The Morgan fingerprint density at radius 2 is 1.44 bits per heavy atom. The Morgan fingerprint density at radius 3 is 2.03 bits per heavy atom. The van der Waals surface area contributed by atoms with E-state index in [2.05, 4.69) is 0 Å². The molecule has 2 rings (SSSR count). The van der Waals surface area contributed by atoms with E-state index in [4.69, 9.17) is 33.2 Å². The van der Waals surface area contributed by atoms with Gasteiger partial charge in [0.25, 0.3) is 0 Å². The summed E-state index contributed by atoms with van der Waals surface area (Å²) >= 11 is 0. The molecule has 0 saturated heterocycles. The maximum Gasteiger partial charge on any atom is 0.193 e. The standard InChI is InChI=1S/C27H34O9/c1-18(2)7-10-20-23(35-16-31-4)14-25(36-17-32-5)26(27(20)29)21(28)11-8-19-9-12-22(34-15-30-3)24(13-19)33-6/h7-9,11-14,29H,10,15-17H2,1-6H3/b11-8-. The van der Waals surface area contributed by atoms with Gasteiger partial charge in [0.05, 0.1) is 7.11 Å². The average molecular weight is 503 g/mol. The lowest BCUT2D eigenvalue weighted by Crippen LogP contribution is -2.09. The second kappa shape index (κ2) is 14.8. The highest BCUT2D eigenvalue weighted by molar-refractivity contribution is 6.11. The van der Waals surface area contributed by atoms with Crippen LogP contribution in [0, 0.1) is 0 Å². The number of hydrogen-bond donors (Lipinski definition) is 1. The molecule has 2 aromatic rings. The topological polar surface area (TPSA) is 102 Å². The summed E-state index contributed by atoms with van der Waals surface area (Å²) in [5.74, 6) is 0.757. The number of carbonyl (C=O) groups excluding carboxylic acids is 1. The van der Waals surface area contributed by atoms with Crippen molar-refractivity contribution in [2.24, 2.45) is 0 Å². The predicted molar refractivity (Wildman–Crippen MR) is 135 cm³/mol. The van der Waals surface area contributed by atoms with Gasteiger partial charge in [-0.1, -0.05) is 23.8 Å². The Bertz CT molecular complexity index is 1070. The van der Waals surface area contributed by atoms with Crippen LogP contribution in [0.2, 0.25) is 0 Å². The van der Waals surface area contributed by atoms with E-state index in [1.54, 1.807) is 30.3 Å². The molecule has 0 heterocycles. The average Bonchev–Trinajstić information content (AvgIpc) is 2.87. The molecule has 0 radical (unpaired) electrons. The SMILES string of the molecule is COCOc1ccc(/C=C\C(=O)c2c(OCOC)cc(OCOC)c(CC=C(C)C)c2O)cc1OC. The van der Waals surface area contributed by atoms with Crippen molar-refractivity contribution in [2.45, 2.75) is 20.3 Å². The van der Waals surface area contributed by atoms with Crippen molar-refractivity contribution >= 4 is 11.9 Å². The van der Waals surface area contributed by atoms with E-state index in [0.29, 0.717) is 34.8 Å². The lowest BCUT2D eigenvalue weighted by atomic mass is 9.99. The Balaban J connectivity index is 2.48. The van der Waals surface area contributed by atoms with Crippen LogP contribution in [-0.4, -0.2) is 59.7 Å². The Morgan fingerprint density at radius 1 is 0.833 bits per heavy atom. The van der Waals surface area contributed by atoms with E-state index in [0.717, 1.165) is 5.57 Å². The van der Waals surface area contributed by atoms with Gasteiger partial charge in [-0.15, -0.1) is 0 Å². The molecule has 0 aromatic heterocycles. The van der Waals surface area contributed by atoms with Crippen LogP contribution in [0.5, 0.6) is 28.7 Å². The fraction of sp³-hybridized carbons (Fsp3) is 0.370. The van der Waals surface area contributed by atoms with E-state index in [1.807, 2.05) is 19.9 Å². The smallest absolute Gasteiger partial charge is 0.193 e. The highest BCUT2D eigenvalue weighted by atomic mass is 16.7. The monoisotopic (exact) mass is 502 g/mol. The van der Waals surface area contributed by atoms with Crippen LogP contribution in [-0.2, 0) is 20.6 Å². The van der Waals surface area contributed by atoms with Crippen LogP contribution < -0.4 is 18.9 Å². The highest BCUT2D eigenvalue weighted by Gasteiger charge is 2.23. The molecular formula is C27H34O9. The van der Waals surface area contributed by atoms with E-state index < -0.39 is 5.78 Å². The summed E-state index contributed by atoms with van der Waals surface area (Å²) in [6, 6.07) is 6.75. The van der Waals surface area contributed by atoms with E-state index >= 15 is 0 Å². The molecule has 0 amide bonds. The van der Waals surface area contributed by atoms with Crippen LogP contribution in [0.4, 0.5) is 0 Å². The zero-order chi connectivity index (χ0) is 26.5. The van der Waals surface area contributed by atoms with Gasteiger partial charge in [0, 0.05) is 33.0 Å². The minimum absolute atomic E-state index is 0.00256. The van der Waals surface area contributed by atoms with Gasteiger partial charge in [0.15, 0.2) is 37.7 Å². The molecule has 9 heteroatoms. The first-order chi connectivity index (χ1) is 17.4. The minimum Gasteiger partial charge on any atom is -0.507 e. The Kier molecular flexibility index (Phi) is 11.8. The molecule has 0 saturated carbocycles. The minimum atomic E-state index is -0.464. The number of rotatable bonds is 15. The molecule has 1 N–H and O–H groups in total. The summed E-state index contributed by atoms with van der Waals surface area (Å²) in [7, 11) is 5.99. The third-order valence-electron chi connectivity index (χ3n) is 4.90. The number of carbonyl (C=O) groups is 1. The van der Waals surface area contributed by atoms with Crippen LogP contribution in [0.25, 0.3) is 6.08 Å². The maximum atomic E-state index is 13.3. The van der Waals surface area contributed by atoms with Gasteiger partial charge < -0.3 is 38.3 Å². The molecule has 0 aliphatic rings. The number of methoxy groups -OCH3 is 4. The number of allylic oxidation sites excluding steroid dienone is 3. The van der Waals surface area contributed by atoms with Gasteiger partial charge in [0.1, 0.15) is 22.8 Å². The van der Waals surface area contributed by atoms with Gasteiger partial charge in [-0.05, 0) is 44.0 Å². The van der Waals surface area contributed by atoms with E-state index in [-0.39, 0.29) is 37.4 Å². The van der Waals surface area contributed by atoms with E-state index in [1.165, 1.54) is 34.5 Å². The molecule has 0 bridgehead atoms. The third kappa shape index (κ3) is 8.01. The molecule has 0 aliphatic heterocycles. The highest BCUT2D eigenvalue weighted by Crippen LogP contribution is 2.40. The zero-order valence-corrected chi connectivity index (χ0v) is 21.6. The summed E-state index contributed by atoms with van der Waals surface area (Å²) in [6.45, 7) is 3.80. The molecule has 2 aromatic carbocycles. The summed E-state index contributed by atoms with van der Waals surface area (Å²) in [5, 5.41) is 11.2. The summed E-state index contributed by atoms with van der Waals surface area (Å²) in [6.07, 6.45) is 5.23. The third-order valence-corrected chi connectivity index (χ3v) is 4.90. The molecular weight excluding hydrogens is 468 g/mol. The van der Waals surface area contributed by atoms with Crippen molar-refractivity contribution in [2.75, 3.05) is 48.8 Å². The number of aromatic hydroxyl groups is 1. The van der Waals surface area contributed by atoms with Crippen molar-refractivity contribution in [1.82, 2.24) is 0 Å². The van der Waals surface area contributed by atoms with Crippen LogP contribution in [0.1, 0.15) is 35.3 Å². The molecule has 36 heavy (non-hydrogen) atoms. The molecule has 0 unspecified atom stereocenters. The predicted octanol–water partition coefficient (Wildman–Crippen LogP) is 4.75. The summed E-state index contributed by atoms with van der Waals surface area (Å²) < 4.78 is 37.0. The van der Waals surface area contributed by atoms with Crippen molar-refractivity contribution in [3.05, 3.63) is 58.7 Å². The summed E-state index contributed by atoms with van der Waals surface area (Å²) in [4.78, 5) is 13.3.